The van der Waals surface area contributed by atoms with Crippen LogP contribution in [-0.2, 0) is 14.9 Å². The van der Waals surface area contributed by atoms with E-state index in [9.17, 15) is 9.59 Å². The summed E-state index contributed by atoms with van der Waals surface area (Å²) in [6.45, 7) is 0. The quantitative estimate of drug-likeness (QED) is 0.808. The average Bonchev–Trinajstić information content (AvgIpc) is 2.97. The number of benzene rings is 1. The third-order valence-corrected chi connectivity index (χ3v) is 4.82. The highest BCUT2D eigenvalue weighted by molar-refractivity contribution is 9.10. The number of nitrogens with one attached hydrogen (secondary N) is 1. The van der Waals surface area contributed by atoms with Gasteiger partial charge in [-0.2, -0.15) is 0 Å². The van der Waals surface area contributed by atoms with Gasteiger partial charge in [-0.3, -0.25) is 4.79 Å². The van der Waals surface area contributed by atoms with Gasteiger partial charge in [-0.05, 0) is 46.5 Å². The van der Waals surface area contributed by atoms with Crippen LogP contribution < -0.4 is 5.32 Å². The molecule has 1 saturated carbocycles. The summed E-state index contributed by atoms with van der Waals surface area (Å²) in [6, 6.07) is 3.60. The minimum Gasteiger partial charge on any atom is -0.465 e. The Kier molecular flexibility index (Phi) is 2.89. The first-order valence-electron chi connectivity index (χ1n) is 6.32. The summed E-state index contributed by atoms with van der Waals surface area (Å²) >= 11 is 3.36. The number of rotatable bonds is 1. The molecular weight excluding hydrogens is 310 g/mol. The zero-order valence-corrected chi connectivity index (χ0v) is 12.2. The van der Waals surface area contributed by atoms with Crippen molar-refractivity contribution in [2.75, 3.05) is 12.4 Å². The Morgan fingerprint density at radius 2 is 2.05 bits per heavy atom. The maximum absolute atomic E-state index is 12.3. The van der Waals surface area contributed by atoms with Crippen LogP contribution in [0.25, 0.3) is 0 Å². The number of fused-ring (bicyclic) bond motifs is 2. The van der Waals surface area contributed by atoms with Crippen molar-refractivity contribution >= 4 is 33.5 Å². The number of ether oxygens (including phenoxy) is 1. The zero-order valence-electron chi connectivity index (χ0n) is 10.6. The second-order valence-electron chi connectivity index (χ2n) is 5.11. The van der Waals surface area contributed by atoms with Crippen molar-refractivity contribution in [3.63, 3.8) is 0 Å². The number of hydrogen-bond donors (Lipinski definition) is 1. The van der Waals surface area contributed by atoms with Crippen LogP contribution in [0.5, 0.6) is 0 Å². The highest BCUT2D eigenvalue weighted by atomic mass is 79.9. The van der Waals surface area contributed by atoms with Gasteiger partial charge in [0.05, 0.1) is 18.1 Å². The van der Waals surface area contributed by atoms with Crippen LogP contribution in [0.1, 0.15) is 41.6 Å². The lowest BCUT2D eigenvalue weighted by atomic mass is 9.79. The van der Waals surface area contributed by atoms with Crippen molar-refractivity contribution in [3.05, 3.63) is 27.7 Å². The average molecular weight is 324 g/mol. The molecule has 0 saturated heterocycles. The lowest BCUT2D eigenvalue weighted by Crippen LogP contribution is -2.31. The summed E-state index contributed by atoms with van der Waals surface area (Å²) in [6.07, 6.45) is 3.81. The molecular formula is C14H14BrNO3. The van der Waals surface area contributed by atoms with Crippen molar-refractivity contribution < 1.29 is 14.3 Å². The molecule has 0 aromatic heterocycles. The fourth-order valence-electron chi connectivity index (χ4n) is 3.18. The maximum Gasteiger partial charge on any atom is 0.339 e. The standard InChI is InChI=1S/C14H14BrNO3/c1-19-12(17)8-6-9-11(7-10(8)15)16-13(18)14(9)4-2-3-5-14/h6-7H,2-5H2,1H3,(H,16,18). The third kappa shape index (κ3) is 1.71. The van der Waals surface area contributed by atoms with Crippen molar-refractivity contribution in [2.45, 2.75) is 31.1 Å². The van der Waals surface area contributed by atoms with Gasteiger partial charge in [-0.15, -0.1) is 0 Å². The van der Waals surface area contributed by atoms with Gasteiger partial charge < -0.3 is 10.1 Å². The van der Waals surface area contributed by atoms with E-state index in [0.29, 0.717) is 10.0 Å². The molecule has 1 aliphatic heterocycles. The number of esters is 1. The van der Waals surface area contributed by atoms with Gasteiger partial charge in [0.25, 0.3) is 0 Å². The molecule has 100 valence electrons. The molecule has 0 unspecified atom stereocenters. The van der Waals surface area contributed by atoms with Gasteiger partial charge in [-0.25, -0.2) is 4.79 Å². The summed E-state index contributed by atoms with van der Waals surface area (Å²) in [5.74, 6) is -0.323. The topological polar surface area (TPSA) is 55.4 Å². The van der Waals surface area contributed by atoms with Crippen LogP contribution in [0.3, 0.4) is 0 Å². The summed E-state index contributed by atoms with van der Waals surface area (Å²) in [4.78, 5) is 24.0. The Morgan fingerprint density at radius 3 is 2.68 bits per heavy atom. The molecule has 1 heterocycles. The minimum absolute atomic E-state index is 0.0638. The van der Waals surface area contributed by atoms with E-state index in [1.54, 1.807) is 12.1 Å². The monoisotopic (exact) mass is 323 g/mol. The molecule has 0 radical (unpaired) electrons. The van der Waals surface area contributed by atoms with Crippen LogP contribution in [0.2, 0.25) is 0 Å². The lowest BCUT2D eigenvalue weighted by molar-refractivity contribution is -0.120. The Labute approximate surface area is 119 Å². The molecule has 1 fully saturated rings. The molecule has 0 atom stereocenters. The normalized spacial score (nSPS) is 19.4. The lowest BCUT2D eigenvalue weighted by Gasteiger charge is -2.21. The first-order valence-corrected chi connectivity index (χ1v) is 7.11. The van der Waals surface area contributed by atoms with Crippen molar-refractivity contribution in [1.29, 1.82) is 0 Å². The molecule has 5 heteroatoms. The van der Waals surface area contributed by atoms with Gasteiger partial charge in [-0.1, -0.05) is 12.8 Å². The molecule has 1 amide bonds. The van der Waals surface area contributed by atoms with Crippen LogP contribution in [0, 0.1) is 0 Å². The van der Waals surface area contributed by atoms with Crippen LogP contribution in [-0.4, -0.2) is 19.0 Å². The number of carbonyl (C=O) groups excluding carboxylic acids is 2. The van der Waals surface area contributed by atoms with Crippen molar-refractivity contribution in [1.82, 2.24) is 0 Å². The van der Waals surface area contributed by atoms with E-state index in [-0.39, 0.29) is 11.9 Å². The molecule has 1 N–H and O–H groups in total. The zero-order chi connectivity index (χ0) is 13.6. The van der Waals surface area contributed by atoms with E-state index in [2.05, 4.69) is 21.2 Å². The van der Waals surface area contributed by atoms with Gasteiger partial charge >= 0.3 is 5.97 Å². The summed E-state index contributed by atoms with van der Waals surface area (Å²) < 4.78 is 5.43. The molecule has 1 aromatic rings. The third-order valence-electron chi connectivity index (χ3n) is 4.17. The summed E-state index contributed by atoms with van der Waals surface area (Å²) in [5.41, 5.74) is 1.80. The van der Waals surface area contributed by atoms with Crippen molar-refractivity contribution in [3.8, 4) is 0 Å². The van der Waals surface area contributed by atoms with Crippen LogP contribution in [0.4, 0.5) is 5.69 Å². The summed E-state index contributed by atoms with van der Waals surface area (Å²) in [5, 5.41) is 2.93. The predicted octanol–water partition coefficient (Wildman–Crippen LogP) is 3.00. The molecule has 1 spiro atoms. The molecule has 1 aliphatic carbocycles. The highest BCUT2D eigenvalue weighted by Crippen LogP contribution is 2.49. The van der Waals surface area contributed by atoms with Gasteiger partial charge in [0.15, 0.2) is 0 Å². The van der Waals surface area contributed by atoms with Gasteiger partial charge in [0, 0.05) is 10.2 Å². The van der Waals surface area contributed by atoms with Crippen LogP contribution in [0.15, 0.2) is 16.6 Å². The fourth-order valence-corrected chi connectivity index (χ4v) is 3.68. The minimum atomic E-state index is -0.432. The first-order chi connectivity index (χ1) is 9.08. The summed E-state index contributed by atoms with van der Waals surface area (Å²) in [7, 11) is 1.36. The Morgan fingerprint density at radius 1 is 1.37 bits per heavy atom. The van der Waals surface area contributed by atoms with E-state index < -0.39 is 5.41 Å². The number of carbonyl (C=O) groups is 2. The Hall–Kier alpha value is -1.36. The largest absolute Gasteiger partial charge is 0.465 e. The number of hydrogen-bond acceptors (Lipinski definition) is 3. The van der Waals surface area contributed by atoms with Crippen LogP contribution >= 0.6 is 15.9 Å². The number of methoxy groups -OCH3 is 1. The molecule has 19 heavy (non-hydrogen) atoms. The second kappa shape index (κ2) is 4.34. The molecule has 4 nitrogen and oxygen atoms in total. The maximum atomic E-state index is 12.3. The smallest absolute Gasteiger partial charge is 0.339 e. The fraction of sp³-hybridized carbons (Fsp3) is 0.429. The second-order valence-corrected chi connectivity index (χ2v) is 5.97. The highest BCUT2D eigenvalue weighted by Gasteiger charge is 2.48. The van der Waals surface area contributed by atoms with Crippen molar-refractivity contribution in [2.24, 2.45) is 0 Å². The van der Waals surface area contributed by atoms with E-state index >= 15 is 0 Å². The Balaban J connectivity index is 2.16. The number of amides is 1. The Bertz CT molecular complexity index is 576. The molecule has 3 rings (SSSR count). The van der Waals surface area contributed by atoms with E-state index in [1.165, 1.54) is 7.11 Å². The van der Waals surface area contributed by atoms with E-state index in [4.69, 9.17) is 4.74 Å². The van der Waals surface area contributed by atoms with Gasteiger partial charge in [0.1, 0.15) is 0 Å². The SMILES string of the molecule is COC(=O)c1cc2c(cc1Br)NC(=O)C21CCCC1. The van der Waals surface area contributed by atoms with Gasteiger partial charge in [0.2, 0.25) is 5.91 Å². The van der Waals surface area contributed by atoms with E-state index in [0.717, 1.165) is 36.9 Å². The molecule has 1 aromatic carbocycles. The predicted molar refractivity (Wildman–Crippen MR) is 74.3 cm³/mol. The van der Waals surface area contributed by atoms with E-state index in [1.807, 2.05) is 0 Å². The first kappa shape index (κ1) is 12.7. The molecule has 2 aliphatic rings. The molecule has 0 bridgehead atoms. The number of anilines is 1. The number of halogens is 1.